The average Bonchev–Trinajstić information content (AvgIpc) is 2.91. The van der Waals surface area contributed by atoms with Crippen molar-refractivity contribution in [3.05, 3.63) is 47.2 Å². The Morgan fingerprint density at radius 3 is 2.13 bits per heavy atom. The van der Waals surface area contributed by atoms with E-state index in [9.17, 15) is 0 Å². The Labute approximate surface area is 138 Å². The van der Waals surface area contributed by atoms with E-state index in [0.717, 1.165) is 12.1 Å². The van der Waals surface area contributed by atoms with Gasteiger partial charge in [-0.1, -0.05) is 29.3 Å². The minimum Gasteiger partial charge on any atom is -0.398 e. The van der Waals surface area contributed by atoms with Gasteiger partial charge in [-0.15, -0.1) is 0 Å². The average molecular weight is 312 g/mol. The molecule has 0 N–H and O–H groups in total. The van der Waals surface area contributed by atoms with Crippen LogP contribution in [0.2, 0.25) is 0 Å². The maximum Gasteiger partial charge on any atom is 0.516 e. The van der Waals surface area contributed by atoms with Crippen LogP contribution < -0.4 is 5.59 Å². The van der Waals surface area contributed by atoms with E-state index in [2.05, 4.69) is 64.8 Å². The Balaban J connectivity index is 1.76. The van der Waals surface area contributed by atoms with Crippen molar-refractivity contribution in [3.63, 3.8) is 0 Å². The normalized spacial score (nSPS) is 19.3. The zero-order valence-electron chi connectivity index (χ0n) is 14.9. The minimum atomic E-state index is -0.402. The molecule has 1 aliphatic rings. The summed E-state index contributed by atoms with van der Waals surface area (Å²) in [4.78, 5) is 0. The fourth-order valence-electron chi connectivity index (χ4n) is 2.90. The molecule has 23 heavy (non-hydrogen) atoms. The summed E-state index contributed by atoms with van der Waals surface area (Å²) in [7, 11) is -0.402. The molecule has 0 bridgehead atoms. The largest absolute Gasteiger partial charge is 0.516 e. The maximum atomic E-state index is 6.05. The van der Waals surface area contributed by atoms with E-state index in [-0.39, 0.29) is 11.2 Å². The number of aryl methyl sites for hydroxylation is 2. The third-order valence-corrected chi connectivity index (χ3v) is 4.78. The van der Waals surface area contributed by atoms with Gasteiger partial charge in [0.15, 0.2) is 0 Å². The first-order valence-corrected chi connectivity index (χ1v) is 8.12. The van der Waals surface area contributed by atoms with Gasteiger partial charge < -0.3 is 9.31 Å². The molecule has 5 heteroatoms. The SMILES string of the molecule is Cc1cc(C)cc(Cn2ccc(B3OC(C)(C)C(C)(C)O3)n2)c1. The topological polar surface area (TPSA) is 36.3 Å². The van der Waals surface area contributed by atoms with Gasteiger partial charge in [0.1, 0.15) is 0 Å². The van der Waals surface area contributed by atoms with Gasteiger partial charge in [0, 0.05) is 6.20 Å². The Hall–Kier alpha value is -1.59. The van der Waals surface area contributed by atoms with E-state index in [1.807, 2.05) is 16.9 Å². The Morgan fingerprint density at radius 2 is 1.57 bits per heavy atom. The zero-order valence-corrected chi connectivity index (χ0v) is 14.9. The van der Waals surface area contributed by atoms with Crippen LogP contribution in [0.25, 0.3) is 0 Å². The van der Waals surface area contributed by atoms with Crippen molar-refractivity contribution in [1.82, 2.24) is 9.78 Å². The van der Waals surface area contributed by atoms with E-state index in [1.165, 1.54) is 16.7 Å². The van der Waals surface area contributed by atoms with Crippen molar-refractivity contribution in [1.29, 1.82) is 0 Å². The molecule has 0 amide bonds. The van der Waals surface area contributed by atoms with Crippen LogP contribution in [-0.4, -0.2) is 28.1 Å². The molecule has 122 valence electrons. The van der Waals surface area contributed by atoms with Crippen LogP contribution in [0.5, 0.6) is 0 Å². The molecule has 0 saturated carbocycles. The summed E-state index contributed by atoms with van der Waals surface area (Å²) in [5, 5.41) is 4.64. The van der Waals surface area contributed by atoms with Crippen molar-refractivity contribution in [3.8, 4) is 0 Å². The molecule has 1 aliphatic heterocycles. The molecule has 0 spiro atoms. The monoisotopic (exact) mass is 312 g/mol. The number of nitrogens with zero attached hydrogens (tertiary/aromatic N) is 2. The molecule has 0 unspecified atom stereocenters. The number of aromatic nitrogens is 2. The van der Waals surface area contributed by atoms with Crippen LogP contribution in [0.4, 0.5) is 0 Å². The maximum absolute atomic E-state index is 6.05. The van der Waals surface area contributed by atoms with Gasteiger partial charge in [0.2, 0.25) is 0 Å². The molecule has 1 aromatic carbocycles. The molecule has 2 aromatic rings. The summed E-state index contributed by atoms with van der Waals surface area (Å²) in [6, 6.07) is 8.56. The molecule has 3 rings (SSSR count). The fraction of sp³-hybridized carbons (Fsp3) is 0.500. The lowest BCUT2D eigenvalue weighted by molar-refractivity contribution is 0.00578. The Morgan fingerprint density at radius 1 is 1.00 bits per heavy atom. The minimum absolute atomic E-state index is 0.338. The second-order valence-corrected chi connectivity index (χ2v) is 7.52. The molecule has 4 nitrogen and oxygen atoms in total. The molecule has 1 saturated heterocycles. The second kappa shape index (κ2) is 5.50. The first-order chi connectivity index (χ1) is 10.7. The highest BCUT2D eigenvalue weighted by Gasteiger charge is 2.52. The number of benzene rings is 1. The zero-order chi connectivity index (χ0) is 16.8. The third kappa shape index (κ3) is 3.21. The molecule has 0 radical (unpaired) electrons. The van der Waals surface area contributed by atoms with Gasteiger partial charge in [-0.05, 0) is 53.2 Å². The van der Waals surface area contributed by atoms with Gasteiger partial charge >= 0.3 is 7.12 Å². The van der Waals surface area contributed by atoms with Crippen molar-refractivity contribution in [2.24, 2.45) is 0 Å². The van der Waals surface area contributed by atoms with E-state index >= 15 is 0 Å². The first-order valence-electron chi connectivity index (χ1n) is 8.12. The van der Waals surface area contributed by atoms with E-state index < -0.39 is 7.12 Å². The van der Waals surface area contributed by atoms with Crippen LogP contribution >= 0.6 is 0 Å². The number of rotatable bonds is 3. The molecule has 2 heterocycles. The van der Waals surface area contributed by atoms with Gasteiger partial charge in [-0.3, -0.25) is 4.68 Å². The van der Waals surface area contributed by atoms with Gasteiger partial charge in [-0.25, -0.2) is 0 Å². The highest BCUT2D eigenvalue weighted by Crippen LogP contribution is 2.36. The van der Waals surface area contributed by atoms with Crippen molar-refractivity contribution < 1.29 is 9.31 Å². The number of hydrogen-bond acceptors (Lipinski definition) is 3. The second-order valence-electron chi connectivity index (χ2n) is 7.52. The summed E-state index contributed by atoms with van der Waals surface area (Å²) in [5.74, 6) is 0. The Kier molecular flexibility index (Phi) is 3.89. The molecule has 0 atom stereocenters. The van der Waals surface area contributed by atoms with Crippen molar-refractivity contribution in [2.45, 2.75) is 59.3 Å². The van der Waals surface area contributed by atoms with E-state index in [1.54, 1.807) is 0 Å². The lowest BCUT2D eigenvalue weighted by Gasteiger charge is -2.32. The highest BCUT2D eigenvalue weighted by molar-refractivity contribution is 6.61. The summed E-state index contributed by atoms with van der Waals surface area (Å²) in [5.41, 5.74) is 3.96. The highest BCUT2D eigenvalue weighted by atomic mass is 16.7. The summed E-state index contributed by atoms with van der Waals surface area (Å²) < 4.78 is 14.0. The van der Waals surface area contributed by atoms with Gasteiger partial charge in [0.25, 0.3) is 0 Å². The molecule has 0 aliphatic carbocycles. The van der Waals surface area contributed by atoms with Crippen LogP contribution in [-0.2, 0) is 15.9 Å². The van der Waals surface area contributed by atoms with Crippen LogP contribution in [0.1, 0.15) is 44.4 Å². The molecular formula is C18H25BN2O2. The lowest BCUT2D eigenvalue weighted by atomic mass is 9.85. The summed E-state index contributed by atoms with van der Waals surface area (Å²) in [6.07, 6.45) is 1.98. The smallest absolute Gasteiger partial charge is 0.398 e. The molecule has 1 fully saturated rings. The predicted molar refractivity (Wildman–Crippen MR) is 93.0 cm³/mol. The first kappa shape index (κ1) is 16.3. The molecular weight excluding hydrogens is 287 g/mol. The van der Waals surface area contributed by atoms with E-state index in [4.69, 9.17) is 9.31 Å². The standard InChI is InChI=1S/C18H25BN2O2/c1-13-9-14(2)11-15(10-13)12-21-8-7-16(20-21)19-22-17(3,4)18(5,6)23-19/h7-11H,12H2,1-6H3. The quantitative estimate of drug-likeness (QED) is 0.818. The van der Waals surface area contributed by atoms with Crippen LogP contribution in [0, 0.1) is 13.8 Å². The van der Waals surface area contributed by atoms with Crippen molar-refractivity contribution >= 4 is 12.7 Å². The lowest BCUT2D eigenvalue weighted by Crippen LogP contribution is -2.41. The van der Waals surface area contributed by atoms with Gasteiger partial charge in [0.05, 0.1) is 23.3 Å². The van der Waals surface area contributed by atoms with Crippen LogP contribution in [0.15, 0.2) is 30.5 Å². The molecule has 1 aromatic heterocycles. The van der Waals surface area contributed by atoms with Crippen LogP contribution in [0.3, 0.4) is 0 Å². The summed E-state index contributed by atoms with van der Waals surface area (Å²) >= 11 is 0. The van der Waals surface area contributed by atoms with E-state index in [0.29, 0.717) is 0 Å². The Bertz CT molecular complexity index is 685. The fourth-order valence-corrected chi connectivity index (χ4v) is 2.90. The summed E-state index contributed by atoms with van der Waals surface area (Å²) in [6.45, 7) is 13.2. The third-order valence-electron chi connectivity index (χ3n) is 4.78. The van der Waals surface area contributed by atoms with Gasteiger partial charge in [-0.2, -0.15) is 5.10 Å². The number of hydrogen-bond donors (Lipinski definition) is 0. The predicted octanol–water partition coefficient (Wildman–Crippen LogP) is 2.85. The van der Waals surface area contributed by atoms with Crippen molar-refractivity contribution in [2.75, 3.05) is 0 Å².